The fourth-order valence-electron chi connectivity index (χ4n) is 2.84. The van der Waals surface area contributed by atoms with Crippen LogP contribution in [0.15, 0.2) is 79.4 Å². The monoisotopic (exact) mass is 386 g/mol. The van der Waals surface area contributed by atoms with Crippen LogP contribution >= 0.6 is 0 Å². The summed E-state index contributed by atoms with van der Waals surface area (Å²) in [6.07, 6.45) is 5.43. The second kappa shape index (κ2) is 8.88. The van der Waals surface area contributed by atoms with Crippen LogP contribution in [0.2, 0.25) is 0 Å². The van der Waals surface area contributed by atoms with Gasteiger partial charge in [-0.05, 0) is 43.3 Å². The first-order valence-electron chi connectivity index (χ1n) is 9.39. The molecule has 7 heteroatoms. The predicted molar refractivity (Wildman–Crippen MR) is 114 cm³/mol. The average molecular weight is 386 g/mol. The molecule has 2 heterocycles. The number of benzene rings is 2. The molecule has 2 N–H and O–H groups in total. The van der Waals surface area contributed by atoms with E-state index in [0.29, 0.717) is 19.1 Å². The van der Waals surface area contributed by atoms with Crippen LogP contribution < -0.4 is 15.4 Å². The van der Waals surface area contributed by atoms with Crippen molar-refractivity contribution in [2.24, 2.45) is 0 Å². The van der Waals surface area contributed by atoms with Crippen LogP contribution in [0.1, 0.15) is 5.69 Å². The highest BCUT2D eigenvalue weighted by molar-refractivity contribution is 5.57. The molecular weight excluding hydrogens is 364 g/mol. The Bertz CT molecular complexity index is 1030. The Hall–Kier alpha value is -3.87. The van der Waals surface area contributed by atoms with Gasteiger partial charge in [0, 0.05) is 35.5 Å². The third kappa shape index (κ3) is 5.10. The zero-order valence-electron chi connectivity index (χ0n) is 16.1. The van der Waals surface area contributed by atoms with E-state index in [1.54, 1.807) is 12.5 Å². The van der Waals surface area contributed by atoms with E-state index < -0.39 is 0 Å². The lowest BCUT2D eigenvalue weighted by atomic mass is 10.3. The Kier molecular flexibility index (Phi) is 5.66. The van der Waals surface area contributed by atoms with Crippen molar-refractivity contribution >= 4 is 17.5 Å². The zero-order chi connectivity index (χ0) is 19.9. The largest absolute Gasteiger partial charge is 0.492 e. The highest BCUT2D eigenvalue weighted by atomic mass is 16.5. The lowest BCUT2D eigenvalue weighted by Gasteiger charge is -2.11. The van der Waals surface area contributed by atoms with Gasteiger partial charge >= 0.3 is 0 Å². The van der Waals surface area contributed by atoms with Gasteiger partial charge in [-0.15, -0.1) is 0 Å². The maximum atomic E-state index is 5.70. The average Bonchev–Trinajstić information content (AvgIpc) is 3.27. The molecule has 0 aliphatic heterocycles. The third-order valence-electron chi connectivity index (χ3n) is 4.20. The normalized spacial score (nSPS) is 10.5. The second-order valence-electron chi connectivity index (χ2n) is 6.45. The summed E-state index contributed by atoms with van der Waals surface area (Å²) >= 11 is 0. The van der Waals surface area contributed by atoms with E-state index in [1.807, 2.05) is 78.4 Å². The van der Waals surface area contributed by atoms with Crippen LogP contribution in [0.5, 0.6) is 5.75 Å². The lowest BCUT2D eigenvalue weighted by Crippen LogP contribution is -2.13. The lowest BCUT2D eigenvalue weighted by molar-refractivity contribution is 0.333. The van der Waals surface area contributed by atoms with Crippen molar-refractivity contribution in [1.29, 1.82) is 0 Å². The van der Waals surface area contributed by atoms with Gasteiger partial charge < -0.3 is 19.9 Å². The van der Waals surface area contributed by atoms with Gasteiger partial charge in [-0.25, -0.2) is 9.97 Å². The van der Waals surface area contributed by atoms with Crippen molar-refractivity contribution in [3.8, 4) is 11.4 Å². The molecule has 0 spiro atoms. The number of nitrogens with zero attached hydrogens (tertiary/aromatic N) is 4. The Morgan fingerprint density at radius 1 is 1.00 bits per heavy atom. The van der Waals surface area contributed by atoms with Gasteiger partial charge in [0.2, 0.25) is 5.95 Å². The summed E-state index contributed by atoms with van der Waals surface area (Å²) in [7, 11) is 0. The SMILES string of the molecule is Cc1cc(NCCOc2ccccc2)nc(Nc2ccc(-n3ccnc3)cc2)n1. The number of anilines is 3. The number of ether oxygens (including phenoxy) is 1. The van der Waals surface area contributed by atoms with Crippen LogP contribution in [0, 0.1) is 6.92 Å². The molecule has 2 aromatic carbocycles. The first kappa shape index (κ1) is 18.5. The Morgan fingerprint density at radius 3 is 2.59 bits per heavy atom. The smallest absolute Gasteiger partial charge is 0.229 e. The Balaban J connectivity index is 1.35. The van der Waals surface area contributed by atoms with Crippen LogP contribution in [0.3, 0.4) is 0 Å². The van der Waals surface area contributed by atoms with Gasteiger partial charge in [0.15, 0.2) is 0 Å². The first-order valence-corrected chi connectivity index (χ1v) is 9.39. The summed E-state index contributed by atoms with van der Waals surface area (Å²) < 4.78 is 7.65. The third-order valence-corrected chi connectivity index (χ3v) is 4.20. The number of imidazole rings is 1. The molecule has 0 saturated carbocycles. The summed E-state index contributed by atoms with van der Waals surface area (Å²) in [6, 6.07) is 19.7. The van der Waals surface area contributed by atoms with E-state index in [9.17, 15) is 0 Å². The fourth-order valence-corrected chi connectivity index (χ4v) is 2.84. The molecule has 0 bridgehead atoms. The van der Waals surface area contributed by atoms with E-state index in [0.717, 1.165) is 28.6 Å². The number of aromatic nitrogens is 4. The molecule has 29 heavy (non-hydrogen) atoms. The van der Waals surface area contributed by atoms with E-state index in [2.05, 4.69) is 25.6 Å². The minimum atomic E-state index is 0.547. The van der Waals surface area contributed by atoms with Gasteiger partial charge in [0.25, 0.3) is 0 Å². The summed E-state index contributed by atoms with van der Waals surface area (Å²) in [6.45, 7) is 3.14. The van der Waals surface area contributed by atoms with Crippen molar-refractivity contribution in [3.63, 3.8) is 0 Å². The molecule has 0 fully saturated rings. The number of para-hydroxylation sites is 1. The quantitative estimate of drug-likeness (QED) is 0.442. The standard InChI is InChI=1S/C22H22N6O/c1-17-15-21(24-12-14-29-20-5-3-2-4-6-20)27-22(25-17)26-18-7-9-19(10-8-18)28-13-11-23-16-28/h2-11,13,15-16H,12,14H2,1H3,(H2,24,25,26,27). The molecule has 4 aromatic rings. The van der Waals surface area contributed by atoms with Crippen molar-refractivity contribution in [2.45, 2.75) is 6.92 Å². The first-order chi connectivity index (χ1) is 14.3. The fraction of sp³-hybridized carbons (Fsp3) is 0.136. The molecule has 0 unspecified atom stereocenters. The van der Waals surface area contributed by atoms with Crippen molar-refractivity contribution in [3.05, 3.63) is 85.1 Å². The van der Waals surface area contributed by atoms with Gasteiger partial charge in [0.1, 0.15) is 18.2 Å². The molecule has 2 aromatic heterocycles. The number of hydrogen-bond acceptors (Lipinski definition) is 6. The molecule has 0 atom stereocenters. The molecule has 0 amide bonds. The summed E-state index contributed by atoms with van der Waals surface area (Å²) in [5.41, 5.74) is 2.83. The molecule has 0 saturated heterocycles. The number of hydrogen-bond donors (Lipinski definition) is 2. The number of rotatable bonds is 8. The number of nitrogens with one attached hydrogen (secondary N) is 2. The van der Waals surface area contributed by atoms with Crippen molar-refractivity contribution < 1.29 is 4.74 Å². The van der Waals surface area contributed by atoms with Crippen LogP contribution in [-0.2, 0) is 0 Å². The summed E-state index contributed by atoms with van der Waals surface area (Å²) in [5.74, 6) is 2.16. The maximum absolute atomic E-state index is 5.70. The molecule has 0 radical (unpaired) electrons. The van der Waals surface area contributed by atoms with Gasteiger partial charge in [-0.3, -0.25) is 0 Å². The van der Waals surface area contributed by atoms with E-state index in [-0.39, 0.29) is 0 Å². The molecule has 146 valence electrons. The second-order valence-corrected chi connectivity index (χ2v) is 6.45. The number of aryl methyl sites for hydroxylation is 1. The predicted octanol–water partition coefficient (Wildman–Crippen LogP) is 4.21. The van der Waals surface area contributed by atoms with E-state index >= 15 is 0 Å². The van der Waals surface area contributed by atoms with E-state index in [1.165, 1.54) is 0 Å². The summed E-state index contributed by atoms with van der Waals surface area (Å²) in [4.78, 5) is 13.1. The Morgan fingerprint density at radius 2 is 1.83 bits per heavy atom. The molecular formula is C22H22N6O. The molecule has 0 aliphatic carbocycles. The van der Waals surface area contributed by atoms with Crippen LogP contribution in [0.4, 0.5) is 17.5 Å². The maximum Gasteiger partial charge on any atom is 0.229 e. The van der Waals surface area contributed by atoms with Crippen molar-refractivity contribution in [1.82, 2.24) is 19.5 Å². The van der Waals surface area contributed by atoms with Crippen molar-refractivity contribution in [2.75, 3.05) is 23.8 Å². The molecule has 7 nitrogen and oxygen atoms in total. The van der Waals surface area contributed by atoms with Gasteiger partial charge in [0.05, 0.1) is 12.9 Å². The minimum absolute atomic E-state index is 0.547. The minimum Gasteiger partial charge on any atom is -0.492 e. The topological polar surface area (TPSA) is 76.9 Å². The van der Waals surface area contributed by atoms with E-state index in [4.69, 9.17) is 4.74 Å². The van der Waals surface area contributed by atoms with Crippen LogP contribution in [0.25, 0.3) is 5.69 Å². The van der Waals surface area contributed by atoms with Gasteiger partial charge in [-0.2, -0.15) is 4.98 Å². The van der Waals surface area contributed by atoms with Crippen LogP contribution in [-0.4, -0.2) is 32.7 Å². The molecule has 0 aliphatic rings. The molecule has 4 rings (SSSR count). The van der Waals surface area contributed by atoms with Gasteiger partial charge in [-0.1, -0.05) is 18.2 Å². The highest BCUT2D eigenvalue weighted by Gasteiger charge is 2.04. The highest BCUT2D eigenvalue weighted by Crippen LogP contribution is 2.18. The summed E-state index contributed by atoms with van der Waals surface area (Å²) in [5, 5.41) is 6.54. The zero-order valence-corrected chi connectivity index (χ0v) is 16.1. The Labute approximate surface area is 169 Å².